The molecule has 2 heterocycles. The van der Waals surface area contributed by atoms with Crippen molar-refractivity contribution in [3.05, 3.63) is 80.8 Å². The lowest BCUT2D eigenvalue weighted by atomic mass is 10.1. The fourth-order valence-electron chi connectivity index (χ4n) is 2.89. The summed E-state index contributed by atoms with van der Waals surface area (Å²) in [6.07, 6.45) is 0. The molecule has 6 heteroatoms. The fourth-order valence-corrected chi connectivity index (χ4v) is 3.59. The molecule has 0 bridgehead atoms. The van der Waals surface area contributed by atoms with Gasteiger partial charge in [-0.25, -0.2) is 4.79 Å². The van der Waals surface area contributed by atoms with Crippen molar-refractivity contribution in [3.63, 3.8) is 0 Å². The lowest BCUT2D eigenvalue weighted by Gasteiger charge is -2.08. The SMILES string of the molecule is Cc1cc(C(=O)COC(=O)c2cccc(C#N)c2)c(C)n1Cc1cccs1. The van der Waals surface area contributed by atoms with Gasteiger partial charge in [0, 0.05) is 21.8 Å². The number of ether oxygens (including phenoxy) is 1. The highest BCUT2D eigenvalue weighted by atomic mass is 32.1. The summed E-state index contributed by atoms with van der Waals surface area (Å²) in [6.45, 7) is 4.23. The van der Waals surface area contributed by atoms with E-state index in [-0.39, 0.29) is 18.0 Å². The van der Waals surface area contributed by atoms with Crippen molar-refractivity contribution >= 4 is 23.1 Å². The summed E-state index contributed by atoms with van der Waals surface area (Å²) >= 11 is 1.67. The third-order valence-corrected chi connectivity index (χ3v) is 5.19. The van der Waals surface area contributed by atoms with Crippen molar-refractivity contribution in [1.29, 1.82) is 5.26 Å². The van der Waals surface area contributed by atoms with Gasteiger partial charge in [0.05, 0.1) is 23.7 Å². The average molecular weight is 378 g/mol. The summed E-state index contributed by atoms with van der Waals surface area (Å²) in [5.41, 5.74) is 3.02. The Morgan fingerprint density at radius 1 is 1.19 bits per heavy atom. The highest BCUT2D eigenvalue weighted by molar-refractivity contribution is 7.09. The maximum Gasteiger partial charge on any atom is 0.338 e. The molecule has 0 aliphatic rings. The van der Waals surface area contributed by atoms with Crippen LogP contribution in [0.2, 0.25) is 0 Å². The Kier molecular flexibility index (Phi) is 5.53. The molecular weight excluding hydrogens is 360 g/mol. The number of nitriles is 1. The van der Waals surface area contributed by atoms with Gasteiger partial charge in [-0.15, -0.1) is 11.3 Å². The van der Waals surface area contributed by atoms with Gasteiger partial charge in [-0.05, 0) is 49.6 Å². The summed E-state index contributed by atoms with van der Waals surface area (Å²) in [6, 6.07) is 14.1. The van der Waals surface area contributed by atoms with Gasteiger partial charge in [-0.2, -0.15) is 5.26 Å². The number of aryl methyl sites for hydroxylation is 1. The largest absolute Gasteiger partial charge is 0.454 e. The second kappa shape index (κ2) is 8.02. The first kappa shape index (κ1) is 18.6. The molecule has 27 heavy (non-hydrogen) atoms. The van der Waals surface area contributed by atoms with E-state index in [1.807, 2.05) is 37.4 Å². The number of Topliss-reactive ketones (excluding diaryl/α,β-unsaturated/α-hetero) is 1. The van der Waals surface area contributed by atoms with Gasteiger partial charge in [0.2, 0.25) is 5.78 Å². The van der Waals surface area contributed by atoms with Crippen molar-refractivity contribution in [2.75, 3.05) is 6.61 Å². The van der Waals surface area contributed by atoms with Crippen LogP contribution in [0.4, 0.5) is 0 Å². The van der Waals surface area contributed by atoms with Crippen molar-refractivity contribution in [1.82, 2.24) is 4.57 Å². The number of nitrogens with zero attached hydrogens (tertiary/aromatic N) is 2. The maximum absolute atomic E-state index is 12.6. The Morgan fingerprint density at radius 3 is 2.70 bits per heavy atom. The van der Waals surface area contributed by atoms with Crippen LogP contribution >= 0.6 is 11.3 Å². The Balaban J connectivity index is 1.69. The number of benzene rings is 1. The second-order valence-electron chi connectivity index (χ2n) is 6.14. The van der Waals surface area contributed by atoms with E-state index >= 15 is 0 Å². The van der Waals surface area contributed by atoms with Gasteiger partial charge in [0.15, 0.2) is 6.61 Å². The third kappa shape index (κ3) is 4.15. The number of carbonyl (C=O) groups is 2. The summed E-state index contributed by atoms with van der Waals surface area (Å²) in [5.74, 6) is -0.863. The Hall–Kier alpha value is -3.17. The first-order valence-electron chi connectivity index (χ1n) is 8.39. The lowest BCUT2D eigenvalue weighted by molar-refractivity contribution is 0.0474. The van der Waals surface area contributed by atoms with Crippen molar-refractivity contribution < 1.29 is 14.3 Å². The van der Waals surface area contributed by atoms with E-state index in [1.54, 1.807) is 29.5 Å². The Bertz CT molecular complexity index is 1030. The van der Waals surface area contributed by atoms with Crippen LogP contribution in [0.3, 0.4) is 0 Å². The van der Waals surface area contributed by atoms with Crippen LogP contribution in [0, 0.1) is 25.2 Å². The molecule has 0 amide bonds. The van der Waals surface area contributed by atoms with E-state index in [0.29, 0.717) is 17.7 Å². The van der Waals surface area contributed by atoms with Crippen molar-refractivity contribution in [2.45, 2.75) is 20.4 Å². The van der Waals surface area contributed by atoms with E-state index in [2.05, 4.69) is 10.6 Å². The molecule has 0 saturated carbocycles. The Morgan fingerprint density at radius 2 is 2.00 bits per heavy atom. The summed E-state index contributed by atoms with van der Waals surface area (Å²) in [7, 11) is 0. The molecule has 0 spiro atoms. The average Bonchev–Trinajstić information content (AvgIpc) is 3.29. The zero-order chi connectivity index (χ0) is 19.4. The monoisotopic (exact) mass is 378 g/mol. The molecule has 0 aliphatic heterocycles. The van der Waals surface area contributed by atoms with Crippen LogP contribution in [0.15, 0.2) is 47.8 Å². The molecule has 0 N–H and O–H groups in total. The van der Waals surface area contributed by atoms with Gasteiger partial charge in [0.25, 0.3) is 0 Å². The van der Waals surface area contributed by atoms with Crippen molar-refractivity contribution in [2.24, 2.45) is 0 Å². The smallest absolute Gasteiger partial charge is 0.338 e. The molecule has 3 rings (SSSR count). The molecule has 5 nitrogen and oxygen atoms in total. The van der Waals surface area contributed by atoms with Gasteiger partial charge in [0.1, 0.15) is 0 Å². The van der Waals surface area contributed by atoms with E-state index in [9.17, 15) is 9.59 Å². The normalized spacial score (nSPS) is 10.4. The molecule has 0 unspecified atom stereocenters. The number of hydrogen-bond acceptors (Lipinski definition) is 5. The first-order valence-corrected chi connectivity index (χ1v) is 9.27. The second-order valence-corrected chi connectivity index (χ2v) is 7.17. The van der Waals surface area contributed by atoms with Gasteiger partial charge >= 0.3 is 5.97 Å². The summed E-state index contributed by atoms with van der Waals surface area (Å²) in [4.78, 5) is 25.9. The number of thiophene rings is 1. The number of esters is 1. The van der Waals surface area contributed by atoms with Crippen LogP contribution < -0.4 is 0 Å². The van der Waals surface area contributed by atoms with Gasteiger partial charge in [-0.1, -0.05) is 12.1 Å². The number of ketones is 1. The zero-order valence-electron chi connectivity index (χ0n) is 15.1. The minimum atomic E-state index is -0.618. The van der Waals surface area contributed by atoms with Crippen LogP contribution in [0.5, 0.6) is 0 Å². The van der Waals surface area contributed by atoms with Gasteiger partial charge in [-0.3, -0.25) is 4.79 Å². The minimum Gasteiger partial charge on any atom is -0.454 e. The Labute approximate surface area is 161 Å². The summed E-state index contributed by atoms with van der Waals surface area (Å²) < 4.78 is 7.23. The van der Waals surface area contributed by atoms with E-state index in [0.717, 1.165) is 11.4 Å². The molecule has 3 aromatic rings. The molecule has 0 fully saturated rings. The maximum atomic E-state index is 12.6. The van der Waals surface area contributed by atoms with Crippen LogP contribution in [0.1, 0.15) is 42.5 Å². The topological polar surface area (TPSA) is 72.1 Å². The first-order chi connectivity index (χ1) is 13.0. The molecule has 136 valence electrons. The number of carbonyl (C=O) groups excluding carboxylic acids is 2. The number of aromatic nitrogens is 1. The van der Waals surface area contributed by atoms with E-state index in [4.69, 9.17) is 10.00 Å². The van der Waals surface area contributed by atoms with Crippen LogP contribution in [-0.4, -0.2) is 22.9 Å². The fraction of sp³-hybridized carbons (Fsp3) is 0.190. The van der Waals surface area contributed by atoms with Crippen LogP contribution in [0.25, 0.3) is 0 Å². The van der Waals surface area contributed by atoms with Gasteiger partial charge < -0.3 is 9.30 Å². The van der Waals surface area contributed by atoms with Crippen LogP contribution in [-0.2, 0) is 11.3 Å². The highest BCUT2D eigenvalue weighted by Gasteiger charge is 2.18. The molecule has 0 saturated heterocycles. The number of hydrogen-bond donors (Lipinski definition) is 0. The zero-order valence-corrected chi connectivity index (χ0v) is 15.9. The molecule has 2 aromatic heterocycles. The minimum absolute atomic E-state index is 0.245. The predicted molar refractivity (Wildman–Crippen MR) is 103 cm³/mol. The predicted octanol–water partition coefficient (Wildman–Crippen LogP) is 4.13. The van der Waals surface area contributed by atoms with E-state index < -0.39 is 5.97 Å². The molecule has 1 aromatic carbocycles. The molecule has 0 radical (unpaired) electrons. The molecule has 0 atom stereocenters. The molecular formula is C21H18N2O3S. The third-order valence-electron chi connectivity index (χ3n) is 4.33. The van der Waals surface area contributed by atoms with Crippen molar-refractivity contribution in [3.8, 4) is 6.07 Å². The quantitative estimate of drug-likeness (QED) is 0.478. The number of rotatable bonds is 6. The van der Waals surface area contributed by atoms with E-state index in [1.165, 1.54) is 10.9 Å². The standard InChI is InChI=1S/C21H18N2O3S/c1-14-9-19(15(2)23(14)12-18-7-4-8-27-18)20(24)13-26-21(25)17-6-3-5-16(10-17)11-22/h3-10H,12-13H2,1-2H3. The summed E-state index contributed by atoms with van der Waals surface area (Å²) in [5, 5.41) is 10.9. The molecule has 0 aliphatic carbocycles. The lowest BCUT2D eigenvalue weighted by Crippen LogP contribution is -2.15. The highest BCUT2D eigenvalue weighted by Crippen LogP contribution is 2.20.